The lowest BCUT2D eigenvalue weighted by atomic mass is 9.99. The molecule has 0 aromatic heterocycles. The van der Waals surface area contributed by atoms with Crippen LogP contribution in [-0.4, -0.2) is 31.0 Å². The molecule has 0 bridgehead atoms. The summed E-state index contributed by atoms with van der Waals surface area (Å²) in [6.45, 7) is 3.81. The summed E-state index contributed by atoms with van der Waals surface area (Å²) in [6.07, 6.45) is 2.26. The summed E-state index contributed by atoms with van der Waals surface area (Å²) in [5.74, 6) is 1.16. The van der Waals surface area contributed by atoms with Crippen molar-refractivity contribution in [1.29, 1.82) is 0 Å². The van der Waals surface area contributed by atoms with E-state index in [2.05, 4.69) is 6.92 Å². The molecule has 1 fully saturated rings. The molecule has 1 aliphatic rings. The fourth-order valence-electron chi connectivity index (χ4n) is 2.39. The second kappa shape index (κ2) is 5.61. The molecule has 4 heteroatoms. The number of piperidine rings is 1. The Morgan fingerprint density at radius 2 is 2.28 bits per heavy atom. The molecule has 1 aromatic carbocycles. The van der Waals surface area contributed by atoms with E-state index in [-0.39, 0.29) is 5.91 Å². The molecule has 2 rings (SSSR count). The van der Waals surface area contributed by atoms with Gasteiger partial charge in [-0.3, -0.25) is 4.79 Å². The Kier molecular flexibility index (Phi) is 4.12. The van der Waals surface area contributed by atoms with E-state index in [1.165, 1.54) is 6.42 Å². The largest absolute Gasteiger partial charge is 0.496 e. The number of carbonyl (C=O) groups excluding carboxylic acids is 1. The van der Waals surface area contributed by atoms with Crippen LogP contribution in [0.15, 0.2) is 18.2 Å². The lowest BCUT2D eigenvalue weighted by molar-refractivity contribution is 0.0679. The predicted molar refractivity (Wildman–Crippen MR) is 72.3 cm³/mol. The number of nitrogens with zero attached hydrogens (tertiary/aromatic N) is 1. The van der Waals surface area contributed by atoms with E-state index in [0.717, 1.165) is 19.5 Å². The van der Waals surface area contributed by atoms with Crippen LogP contribution in [0.5, 0.6) is 5.75 Å². The molecule has 1 atom stereocenters. The summed E-state index contributed by atoms with van der Waals surface area (Å²) in [7, 11) is 1.57. The van der Waals surface area contributed by atoms with E-state index in [4.69, 9.17) is 16.3 Å². The Morgan fingerprint density at radius 1 is 1.50 bits per heavy atom. The van der Waals surface area contributed by atoms with Gasteiger partial charge in [0.05, 0.1) is 12.7 Å². The Bertz CT molecular complexity index is 447. The maximum Gasteiger partial charge on any atom is 0.257 e. The molecule has 0 unspecified atom stereocenters. The molecule has 1 heterocycles. The van der Waals surface area contributed by atoms with Crippen molar-refractivity contribution >= 4 is 17.5 Å². The van der Waals surface area contributed by atoms with Gasteiger partial charge in [0, 0.05) is 18.1 Å². The average molecular weight is 268 g/mol. The van der Waals surface area contributed by atoms with Crippen molar-refractivity contribution < 1.29 is 9.53 Å². The number of halogens is 1. The molecule has 0 aliphatic carbocycles. The molecule has 98 valence electrons. The number of carbonyl (C=O) groups is 1. The third-order valence-corrected chi connectivity index (χ3v) is 3.57. The van der Waals surface area contributed by atoms with Gasteiger partial charge in [-0.15, -0.1) is 0 Å². The van der Waals surface area contributed by atoms with Gasteiger partial charge in [-0.1, -0.05) is 18.5 Å². The topological polar surface area (TPSA) is 29.5 Å². The third-order valence-electron chi connectivity index (χ3n) is 3.34. The summed E-state index contributed by atoms with van der Waals surface area (Å²) >= 11 is 5.96. The number of hydrogen-bond acceptors (Lipinski definition) is 2. The van der Waals surface area contributed by atoms with Gasteiger partial charge in [0.1, 0.15) is 5.75 Å². The Balaban J connectivity index is 2.24. The number of methoxy groups -OCH3 is 1. The van der Waals surface area contributed by atoms with E-state index in [1.54, 1.807) is 25.3 Å². The highest BCUT2D eigenvalue weighted by molar-refractivity contribution is 6.31. The van der Waals surface area contributed by atoms with E-state index in [9.17, 15) is 4.79 Å². The Labute approximate surface area is 113 Å². The van der Waals surface area contributed by atoms with Crippen LogP contribution in [0.4, 0.5) is 0 Å². The molecular formula is C14H18ClNO2. The standard InChI is InChI=1S/C14H18ClNO2/c1-10-4-3-7-16(9-10)14(17)12-8-11(15)5-6-13(12)18-2/h5-6,8,10H,3-4,7,9H2,1-2H3/t10-/m1/s1. The molecule has 1 saturated heterocycles. The van der Waals surface area contributed by atoms with Crippen LogP contribution in [0.2, 0.25) is 5.02 Å². The summed E-state index contributed by atoms with van der Waals surface area (Å²) in [4.78, 5) is 14.4. The molecule has 0 saturated carbocycles. The lowest BCUT2D eigenvalue weighted by Gasteiger charge is -2.31. The van der Waals surface area contributed by atoms with E-state index in [0.29, 0.717) is 22.3 Å². The monoisotopic (exact) mass is 267 g/mol. The van der Waals surface area contributed by atoms with E-state index < -0.39 is 0 Å². The first-order chi connectivity index (χ1) is 8.61. The van der Waals surface area contributed by atoms with Gasteiger partial charge in [0.15, 0.2) is 0 Å². The van der Waals surface area contributed by atoms with Gasteiger partial charge in [-0.2, -0.15) is 0 Å². The van der Waals surface area contributed by atoms with Crippen molar-refractivity contribution in [1.82, 2.24) is 4.90 Å². The minimum Gasteiger partial charge on any atom is -0.496 e. The van der Waals surface area contributed by atoms with Gasteiger partial charge in [0.25, 0.3) is 5.91 Å². The van der Waals surface area contributed by atoms with Gasteiger partial charge >= 0.3 is 0 Å². The first-order valence-electron chi connectivity index (χ1n) is 6.24. The summed E-state index contributed by atoms with van der Waals surface area (Å²) in [5.41, 5.74) is 0.555. The van der Waals surface area contributed by atoms with E-state index >= 15 is 0 Å². The van der Waals surface area contributed by atoms with Gasteiger partial charge in [-0.05, 0) is 37.0 Å². The zero-order valence-electron chi connectivity index (χ0n) is 10.8. The smallest absolute Gasteiger partial charge is 0.257 e. The zero-order chi connectivity index (χ0) is 13.1. The van der Waals surface area contributed by atoms with Crippen molar-refractivity contribution in [3.8, 4) is 5.75 Å². The molecule has 3 nitrogen and oxygen atoms in total. The number of hydrogen-bond donors (Lipinski definition) is 0. The number of benzene rings is 1. The number of likely N-dealkylation sites (tertiary alicyclic amines) is 1. The second-order valence-corrected chi connectivity index (χ2v) is 5.28. The van der Waals surface area contributed by atoms with Crippen LogP contribution in [0.25, 0.3) is 0 Å². The van der Waals surface area contributed by atoms with Crippen molar-refractivity contribution in [2.45, 2.75) is 19.8 Å². The molecule has 1 aliphatic heterocycles. The number of ether oxygens (including phenoxy) is 1. The predicted octanol–water partition coefficient (Wildman–Crippen LogP) is 3.22. The quantitative estimate of drug-likeness (QED) is 0.823. The van der Waals surface area contributed by atoms with E-state index in [1.807, 2.05) is 4.90 Å². The minimum absolute atomic E-state index is 0.0147. The van der Waals surface area contributed by atoms with Crippen molar-refractivity contribution in [2.75, 3.05) is 20.2 Å². The van der Waals surface area contributed by atoms with Gasteiger partial charge in [0.2, 0.25) is 0 Å². The van der Waals surface area contributed by atoms with Crippen molar-refractivity contribution in [2.24, 2.45) is 5.92 Å². The fourth-order valence-corrected chi connectivity index (χ4v) is 2.56. The molecule has 1 amide bonds. The fraction of sp³-hybridized carbons (Fsp3) is 0.500. The van der Waals surface area contributed by atoms with Crippen LogP contribution < -0.4 is 4.74 Å². The molecular weight excluding hydrogens is 250 g/mol. The first kappa shape index (κ1) is 13.2. The Hall–Kier alpha value is -1.22. The second-order valence-electron chi connectivity index (χ2n) is 4.84. The van der Waals surface area contributed by atoms with Crippen molar-refractivity contribution in [3.05, 3.63) is 28.8 Å². The van der Waals surface area contributed by atoms with Crippen molar-refractivity contribution in [3.63, 3.8) is 0 Å². The first-order valence-corrected chi connectivity index (χ1v) is 6.62. The molecule has 0 N–H and O–H groups in total. The molecule has 0 radical (unpaired) electrons. The van der Waals surface area contributed by atoms with Crippen LogP contribution in [-0.2, 0) is 0 Å². The highest BCUT2D eigenvalue weighted by Crippen LogP contribution is 2.26. The Morgan fingerprint density at radius 3 is 2.94 bits per heavy atom. The lowest BCUT2D eigenvalue weighted by Crippen LogP contribution is -2.39. The molecule has 0 spiro atoms. The maximum atomic E-state index is 12.5. The van der Waals surface area contributed by atoms with Crippen LogP contribution >= 0.6 is 11.6 Å². The van der Waals surface area contributed by atoms with Gasteiger partial charge < -0.3 is 9.64 Å². The third kappa shape index (κ3) is 2.78. The zero-order valence-corrected chi connectivity index (χ0v) is 11.5. The molecule has 18 heavy (non-hydrogen) atoms. The maximum absolute atomic E-state index is 12.5. The SMILES string of the molecule is COc1ccc(Cl)cc1C(=O)N1CCC[C@@H](C)C1. The average Bonchev–Trinajstić information content (AvgIpc) is 2.38. The highest BCUT2D eigenvalue weighted by Gasteiger charge is 2.24. The summed E-state index contributed by atoms with van der Waals surface area (Å²) in [5, 5.41) is 0.559. The molecule has 1 aromatic rings. The summed E-state index contributed by atoms with van der Waals surface area (Å²) in [6, 6.07) is 5.15. The van der Waals surface area contributed by atoms with Crippen LogP contribution in [0, 0.1) is 5.92 Å². The van der Waals surface area contributed by atoms with Crippen LogP contribution in [0.3, 0.4) is 0 Å². The minimum atomic E-state index is 0.0147. The highest BCUT2D eigenvalue weighted by atomic mass is 35.5. The number of amides is 1. The van der Waals surface area contributed by atoms with Crippen LogP contribution in [0.1, 0.15) is 30.1 Å². The summed E-state index contributed by atoms with van der Waals surface area (Å²) < 4.78 is 5.23. The normalized spacial score (nSPS) is 19.7. The van der Waals surface area contributed by atoms with Gasteiger partial charge in [-0.25, -0.2) is 0 Å². The number of rotatable bonds is 2.